The van der Waals surface area contributed by atoms with Crippen molar-refractivity contribution in [1.82, 2.24) is 0 Å². The number of hydrogen-bond donors (Lipinski definition) is 2. The summed E-state index contributed by atoms with van der Waals surface area (Å²) in [6, 6.07) is 4.45. The number of benzene rings is 1. The zero-order chi connectivity index (χ0) is 16.3. The molecule has 2 N–H and O–H groups in total. The lowest BCUT2D eigenvalue weighted by molar-refractivity contribution is -0.385. The Morgan fingerprint density at radius 1 is 1.27 bits per heavy atom. The van der Waals surface area contributed by atoms with Gasteiger partial charge in [-0.3, -0.25) is 19.7 Å². The van der Waals surface area contributed by atoms with Crippen molar-refractivity contribution >= 4 is 23.3 Å². The highest BCUT2D eigenvalue weighted by Gasteiger charge is 2.36. The van der Waals surface area contributed by atoms with E-state index in [4.69, 9.17) is 0 Å². The Bertz CT molecular complexity index is 614. The molecule has 118 valence electrons. The van der Waals surface area contributed by atoms with E-state index in [2.05, 4.69) is 5.32 Å². The maximum atomic E-state index is 12.4. The van der Waals surface area contributed by atoms with Crippen molar-refractivity contribution in [2.75, 3.05) is 5.32 Å². The van der Waals surface area contributed by atoms with Crippen LogP contribution >= 0.6 is 0 Å². The van der Waals surface area contributed by atoms with Gasteiger partial charge in [0.25, 0.3) is 5.69 Å². The summed E-state index contributed by atoms with van der Waals surface area (Å²) >= 11 is 0. The molecule has 0 saturated heterocycles. The zero-order valence-electron chi connectivity index (χ0n) is 12.2. The molecule has 0 bridgehead atoms. The second-order valence-corrected chi connectivity index (χ2v) is 5.53. The summed E-state index contributed by atoms with van der Waals surface area (Å²) < 4.78 is 0. The Kier molecular flexibility index (Phi) is 4.75. The standard InChI is InChI=1S/C15H18N2O5/c1-9-12(7-4-8-13(9)17(21)22)16-14(18)10-5-2-3-6-11(10)15(19)20/h4,7-8,10-11H,2-3,5-6H2,1H3,(H,16,18)(H,19,20). The fourth-order valence-electron chi connectivity index (χ4n) is 2.92. The summed E-state index contributed by atoms with van der Waals surface area (Å²) in [6.45, 7) is 1.56. The van der Waals surface area contributed by atoms with Crippen LogP contribution in [0, 0.1) is 28.9 Å². The summed E-state index contributed by atoms with van der Waals surface area (Å²) in [5, 5.41) is 22.8. The molecule has 7 nitrogen and oxygen atoms in total. The van der Waals surface area contributed by atoms with Gasteiger partial charge in [0, 0.05) is 6.07 Å². The van der Waals surface area contributed by atoms with Crippen LogP contribution in [0.4, 0.5) is 11.4 Å². The predicted octanol–water partition coefficient (Wildman–Crippen LogP) is 2.73. The quantitative estimate of drug-likeness (QED) is 0.656. The van der Waals surface area contributed by atoms with E-state index in [0.29, 0.717) is 24.1 Å². The van der Waals surface area contributed by atoms with Crippen LogP contribution in [0.3, 0.4) is 0 Å². The number of rotatable bonds is 4. The van der Waals surface area contributed by atoms with Gasteiger partial charge in [0.2, 0.25) is 5.91 Å². The first-order valence-electron chi connectivity index (χ1n) is 7.19. The number of aliphatic carboxylic acids is 1. The first kappa shape index (κ1) is 15.9. The molecule has 1 aliphatic carbocycles. The van der Waals surface area contributed by atoms with Gasteiger partial charge in [-0.2, -0.15) is 0 Å². The number of carbonyl (C=O) groups excluding carboxylic acids is 1. The second-order valence-electron chi connectivity index (χ2n) is 5.53. The van der Waals surface area contributed by atoms with Crippen LogP contribution in [0.2, 0.25) is 0 Å². The van der Waals surface area contributed by atoms with E-state index in [1.807, 2.05) is 0 Å². The summed E-state index contributed by atoms with van der Waals surface area (Å²) in [5.41, 5.74) is 0.647. The molecule has 2 rings (SSSR count). The SMILES string of the molecule is Cc1c(NC(=O)C2CCCCC2C(=O)O)cccc1[N+](=O)[O-]. The molecule has 1 aromatic rings. The van der Waals surface area contributed by atoms with E-state index in [-0.39, 0.29) is 11.6 Å². The number of carbonyl (C=O) groups is 2. The number of anilines is 1. The van der Waals surface area contributed by atoms with Crippen LogP contribution in [-0.2, 0) is 9.59 Å². The average molecular weight is 306 g/mol. The number of carboxylic acids is 1. The molecule has 0 heterocycles. The van der Waals surface area contributed by atoms with E-state index in [1.165, 1.54) is 12.1 Å². The summed E-state index contributed by atoms with van der Waals surface area (Å²) in [4.78, 5) is 34.0. The van der Waals surface area contributed by atoms with Gasteiger partial charge in [0.05, 0.1) is 28.0 Å². The van der Waals surface area contributed by atoms with Gasteiger partial charge in [-0.05, 0) is 25.8 Å². The van der Waals surface area contributed by atoms with Gasteiger partial charge < -0.3 is 10.4 Å². The van der Waals surface area contributed by atoms with E-state index >= 15 is 0 Å². The highest BCUT2D eigenvalue weighted by atomic mass is 16.6. The van der Waals surface area contributed by atoms with E-state index in [9.17, 15) is 24.8 Å². The molecule has 1 saturated carbocycles. The largest absolute Gasteiger partial charge is 0.481 e. The molecule has 0 spiro atoms. The first-order chi connectivity index (χ1) is 10.4. The monoisotopic (exact) mass is 306 g/mol. The van der Waals surface area contributed by atoms with Crippen molar-refractivity contribution in [2.45, 2.75) is 32.6 Å². The lowest BCUT2D eigenvalue weighted by Crippen LogP contribution is -2.36. The van der Waals surface area contributed by atoms with E-state index in [1.54, 1.807) is 13.0 Å². The third-order valence-electron chi connectivity index (χ3n) is 4.18. The van der Waals surface area contributed by atoms with Crippen LogP contribution in [0.5, 0.6) is 0 Å². The van der Waals surface area contributed by atoms with Crippen molar-refractivity contribution in [2.24, 2.45) is 11.8 Å². The molecule has 22 heavy (non-hydrogen) atoms. The van der Waals surface area contributed by atoms with Gasteiger partial charge in [0.1, 0.15) is 0 Å². The zero-order valence-corrected chi connectivity index (χ0v) is 12.2. The average Bonchev–Trinajstić information content (AvgIpc) is 2.49. The van der Waals surface area contributed by atoms with Crippen molar-refractivity contribution in [1.29, 1.82) is 0 Å². The van der Waals surface area contributed by atoms with Crippen LogP contribution in [0.15, 0.2) is 18.2 Å². The van der Waals surface area contributed by atoms with Crippen LogP contribution in [0.25, 0.3) is 0 Å². The Morgan fingerprint density at radius 2 is 1.91 bits per heavy atom. The summed E-state index contributed by atoms with van der Waals surface area (Å²) in [7, 11) is 0. The first-order valence-corrected chi connectivity index (χ1v) is 7.19. The molecule has 2 unspecified atom stereocenters. The summed E-state index contributed by atoms with van der Waals surface area (Å²) in [5.74, 6) is -2.62. The Hall–Kier alpha value is -2.44. The minimum Gasteiger partial charge on any atom is -0.481 e. The van der Waals surface area contributed by atoms with Gasteiger partial charge in [-0.15, -0.1) is 0 Å². The van der Waals surface area contributed by atoms with E-state index < -0.39 is 22.7 Å². The molecule has 2 atom stereocenters. The number of nitrogens with one attached hydrogen (secondary N) is 1. The molecule has 1 amide bonds. The number of carboxylic acid groups (broad SMARTS) is 1. The number of amides is 1. The third kappa shape index (κ3) is 3.24. The Labute approximate surface area is 127 Å². The Morgan fingerprint density at radius 3 is 2.50 bits per heavy atom. The second kappa shape index (κ2) is 6.55. The minimum absolute atomic E-state index is 0.0729. The highest BCUT2D eigenvalue weighted by Crippen LogP contribution is 2.32. The predicted molar refractivity (Wildman–Crippen MR) is 79.5 cm³/mol. The molecule has 7 heteroatoms. The molecule has 0 radical (unpaired) electrons. The maximum Gasteiger partial charge on any atom is 0.307 e. The molecule has 1 aromatic carbocycles. The Balaban J connectivity index is 2.19. The molecule has 0 aromatic heterocycles. The van der Waals surface area contributed by atoms with Crippen molar-refractivity contribution in [3.63, 3.8) is 0 Å². The van der Waals surface area contributed by atoms with Gasteiger partial charge in [0.15, 0.2) is 0 Å². The van der Waals surface area contributed by atoms with Gasteiger partial charge in [-0.25, -0.2) is 0 Å². The molecule has 0 aliphatic heterocycles. The minimum atomic E-state index is -0.962. The number of nitro benzene ring substituents is 1. The van der Waals surface area contributed by atoms with Crippen molar-refractivity contribution in [3.05, 3.63) is 33.9 Å². The van der Waals surface area contributed by atoms with E-state index in [0.717, 1.165) is 12.8 Å². The topological polar surface area (TPSA) is 110 Å². The maximum absolute atomic E-state index is 12.4. The lowest BCUT2D eigenvalue weighted by atomic mass is 9.78. The van der Waals surface area contributed by atoms with Crippen LogP contribution in [0.1, 0.15) is 31.2 Å². The van der Waals surface area contributed by atoms with Gasteiger partial charge >= 0.3 is 5.97 Å². The number of nitro groups is 1. The fourth-order valence-corrected chi connectivity index (χ4v) is 2.92. The molecule has 1 fully saturated rings. The number of nitrogens with zero attached hydrogens (tertiary/aromatic N) is 1. The summed E-state index contributed by atoms with van der Waals surface area (Å²) in [6.07, 6.45) is 2.63. The lowest BCUT2D eigenvalue weighted by Gasteiger charge is -2.27. The molecule has 1 aliphatic rings. The smallest absolute Gasteiger partial charge is 0.307 e. The number of hydrogen-bond acceptors (Lipinski definition) is 4. The van der Waals surface area contributed by atoms with Crippen LogP contribution in [-0.4, -0.2) is 21.9 Å². The molecular formula is C15H18N2O5. The normalized spacial score (nSPS) is 21.1. The fraction of sp³-hybridized carbons (Fsp3) is 0.467. The molecular weight excluding hydrogens is 288 g/mol. The van der Waals surface area contributed by atoms with Crippen molar-refractivity contribution < 1.29 is 19.6 Å². The van der Waals surface area contributed by atoms with Gasteiger partial charge in [-0.1, -0.05) is 18.9 Å². The van der Waals surface area contributed by atoms with Crippen LogP contribution < -0.4 is 5.32 Å². The third-order valence-corrected chi connectivity index (χ3v) is 4.18. The van der Waals surface area contributed by atoms with Crippen molar-refractivity contribution in [3.8, 4) is 0 Å². The highest BCUT2D eigenvalue weighted by molar-refractivity contribution is 5.96.